The van der Waals surface area contributed by atoms with Gasteiger partial charge in [0, 0.05) is 18.5 Å². The van der Waals surface area contributed by atoms with Crippen LogP contribution in [0.15, 0.2) is 23.8 Å². The summed E-state index contributed by atoms with van der Waals surface area (Å²) in [6.45, 7) is 2.77. The highest BCUT2D eigenvalue weighted by molar-refractivity contribution is 5.94. The van der Waals surface area contributed by atoms with Crippen molar-refractivity contribution in [1.29, 1.82) is 0 Å². The quantitative estimate of drug-likeness (QED) is 0.339. The van der Waals surface area contributed by atoms with Crippen LogP contribution < -0.4 is 16.4 Å². The van der Waals surface area contributed by atoms with Crippen molar-refractivity contribution >= 4 is 11.8 Å². The predicted octanol–water partition coefficient (Wildman–Crippen LogP) is 4.48. The summed E-state index contributed by atoms with van der Waals surface area (Å²) in [6, 6.07) is 0. The molecule has 0 aromatic rings. The van der Waals surface area contributed by atoms with Crippen LogP contribution in [0.3, 0.4) is 0 Å². The van der Waals surface area contributed by atoms with E-state index in [0.29, 0.717) is 18.5 Å². The molecule has 0 bridgehead atoms. The number of carbonyl (C=O) groups is 2. The molecule has 1 atom stereocenters. The zero-order valence-corrected chi connectivity index (χ0v) is 17.8. The lowest BCUT2D eigenvalue weighted by Crippen LogP contribution is -2.43. The summed E-state index contributed by atoms with van der Waals surface area (Å²) in [6.07, 6.45) is 22.4. The Morgan fingerprint density at radius 2 is 1.50 bits per heavy atom. The maximum absolute atomic E-state index is 12.0. The van der Waals surface area contributed by atoms with Gasteiger partial charge in [-0.15, -0.1) is 0 Å². The molecule has 0 spiro atoms. The summed E-state index contributed by atoms with van der Waals surface area (Å²) in [7, 11) is 0. The molecule has 0 aromatic heterocycles. The number of nitrogens with two attached hydrogens (primary N) is 1. The SMILES string of the molecule is CCCCCCCCCCCCCCCC(=O)NC1C=CC(C(N)=O)=CCN1. The second-order valence-corrected chi connectivity index (χ2v) is 7.83. The van der Waals surface area contributed by atoms with E-state index in [1.165, 1.54) is 70.6 Å². The molecule has 1 aliphatic rings. The Kier molecular flexibility index (Phi) is 14.3. The summed E-state index contributed by atoms with van der Waals surface area (Å²) in [5.41, 5.74) is 5.74. The second kappa shape index (κ2) is 16.3. The maximum atomic E-state index is 12.0. The third-order valence-electron chi connectivity index (χ3n) is 5.24. The van der Waals surface area contributed by atoms with E-state index in [0.717, 1.165) is 12.8 Å². The lowest BCUT2D eigenvalue weighted by molar-refractivity contribution is -0.121. The molecule has 0 saturated carbocycles. The molecule has 4 N–H and O–H groups in total. The molecular formula is C23H41N3O2. The van der Waals surface area contributed by atoms with Gasteiger partial charge in [0.2, 0.25) is 11.8 Å². The Bertz CT molecular complexity index is 500. The highest BCUT2D eigenvalue weighted by Crippen LogP contribution is 2.13. The average molecular weight is 392 g/mol. The first kappa shape index (κ1) is 24.4. The first-order valence-corrected chi connectivity index (χ1v) is 11.3. The van der Waals surface area contributed by atoms with Gasteiger partial charge in [0.25, 0.3) is 0 Å². The van der Waals surface area contributed by atoms with Crippen molar-refractivity contribution in [3.8, 4) is 0 Å². The largest absolute Gasteiger partial charge is 0.366 e. The number of rotatable bonds is 16. The fourth-order valence-corrected chi connectivity index (χ4v) is 3.46. The first-order valence-electron chi connectivity index (χ1n) is 11.3. The second-order valence-electron chi connectivity index (χ2n) is 7.83. The predicted molar refractivity (Wildman–Crippen MR) is 117 cm³/mol. The molecule has 5 heteroatoms. The molecule has 1 heterocycles. The fraction of sp³-hybridized carbons (Fsp3) is 0.739. The van der Waals surface area contributed by atoms with Gasteiger partial charge in [-0.25, -0.2) is 0 Å². The van der Waals surface area contributed by atoms with Crippen LogP contribution in [0.4, 0.5) is 0 Å². The number of carbonyl (C=O) groups excluding carboxylic acids is 2. The van der Waals surface area contributed by atoms with Gasteiger partial charge in [-0.3, -0.25) is 14.9 Å². The van der Waals surface area contributed by atoms with Gasteiger partial charge < -0.3 is 11.1 Å². The lowest BCUT2D eigenvalue weighted by Gasteiger charge is -2.14. The van der Waals surface area contributed by atoms with Gasteiger partial charge in [-0.2, -0.15) is 0 Å². The van der Waals surface area contributed by atoms with E-state index in [9.17, 15) is 9.59 Å². The van der Waals surface area contributed by atoms with E-state index in [4.69, 9.17) is 5.73 Å². The molecule has 28 heavy (non-hydrogen) atoms. The Morgan fingerprint density at radius 1 is 0.964 bits per heavy atom. The number of unbranched alkanes of at least 4 members (excludes halogenated alkanes) is 12. The standard InChI is InChI=1S/C23H41N3O2/c1-2-3-4-5-6-7-8-9-10-11-12-13-14-15-22(27)26-21-17-16-20(23(24)28)18-19-25-21/h16-18,21,25H,2-15,19H2,1H3,(H2,24,28)(H,26,27). The number of nitrogens with one attached hydrogen (secondary N) is 2. The van der Waals surface area contributed by atoms with Crippen molar-refractivity contribution in [2.45, 2.75) is 103 Å². The molecule has 1 unspecified atom stereocenters. The number of hydrogen-bond donors (Lipinski definition) is 3. The van der Waals surface area contributed by atoms with Crippen LogP contribution in [0.2, 0.25) is 0 Å². The minimum absolute atomic E-state index is 0.0488. The van der Waals surface area contributed by atoms with Gasteiger partial charge in [0.15, 0.2) is 0 Å². The molecule has 0 saturated heterocycles. The monoisotopic (exact) mass is 391 g/mol. The van der Waals surface area contributed by atoms with Crippen LogP contribution in [0, 0.1) is 0 Å². The summed E-state index contributed by atoms with van der Waals surface area (Å²) in [4.78, 5) is 23.2. The van der Waals surface area contributed by atoms with E-state index in [1.807, 2.05) is 0 Å². The van der Waals surface area contributed by atoms with Crippen LogP contribution in [0.5, 0.6) is 0 Å². The van der Waals surface area contributed by atoms with E-state index < -0.39 is 5.91 Å². The third kappa shape index (κ3) is 12.7. The van der Waals surface area contributed by atoms with Crippen molar-refractivity contribution in [2.75, 3.05) is 6.54 Å². The molecule has 0 fully saturated rings. The summed E-state index contributed by atoms with van der Waals surface area (Å²) in [5.74, 6) is -0.398. The van der Waals surface area contributed by atoms with Gasteiger partial charge in [0.1, 0.15) is 0 Å². The van der Waals surface area contributed by atoms with E-state index in [1.54, 1.807) is 18.2 Å². The molecule has 2 amide bonds. The number of hydrogen-bond acceptors (Lipinski definition) is 3. The zero-order valence-electron chi connectivity index (χ0n) is 17.8. The normalized spacial score (nSPS) is 16.5. The molecular weight excluding hydrogens is 350 g/mol. The van der Waals surface area contributed by atoms with Crippen molar-refractivity contribution in [3.63, 3.8) is 0 Å². The molecule has 0 radical (unpaired) electrons. The van der Waals surface area contributed by atoms with Gasteiger partial charge in [-0.05, 0) is 12.5 Å². The first-order chi connectivity index (χ1) is 13.6. The Balaban J connectivity index is 1.93. The molecule has 1 rings (SSSR count). The topological polar surface area (TPSA) is 84.2 Å². The Hall–Kier alpha value is -1.62. The smallest absolute Gasteiger partial charge is 0.248 e. The maximum Gasteiger partial charge on any atom is 0.248 e. The van der Waals surface area contributed by atoms with Gasteiger partial charge in [-0.1, -0.05) is 96.1 Å². The van der Waals surface area contributed by atoms with Crippen LogP contribution in [-0.4, -0.2) is 24.5 Å². The number of primary amides is 1. The molecule has 160 valence electrons. The highest BCUT2D eigenvalue weighted by atomic mass is 16.2. The van der Waals surface area contributed by atoms with Crippen molar-refractivity contribution in [3.05, 3.63) is 23.8 Å². The summed E-state index contributed by atoms with van der Waals surface area (Å²) in [5, 5.41) is 6.08. The fourth-order valence-electron chi connectivity index (χ4n) is 3.46. The van der Waals surface area contributed by atoms with Crippen LogP contribution >= 0.6 is 0 Å². The van der Waals surface area contributed by atoms with Crippen LogP contribution in [0.1, 0.15) is 96.8 Å². The van der Waals surface area contributed by atoms with Crippen LogP contribution in [-0.2, 0) is 9.59 Å². The molecule has 5 nitrogen and oxygen atoms in total. The van der Waals surface area contributed by atoms with Crippen LogP contribution in [0.25, 0.3) is 0 Å². The molecule has 1 aliphatic heterocycles. The van der Waals surface area contributed by atoms with E-state index in [-0.39, 0.29) is 12.1 Å². The van der Waals surface area contributed by atoms with E-state index in [2.05, 4.69) is 17.6 Å². The minimum Gasteiger partial charge on any atom is -0.366 e. The Morgan fingerprint density at radius 3 is 2.04 bits per heavy atom. The Labute approximate surface area is 171 Å². The average Bonchev–Trinajstić information content (AvgIpc) is 2.91. The highest BCUT2D eigenvalue weighted by Gasteiger charge is 2.11. The summed E-state index contributed by atoms with van der Waals surface area (Å²) >= 11 is 0. The van der Waals surface area contributed by atoms with Gasteiger partial charge in [0.05, 0.1) is 6.17 Å². The van der Waals surface area contributed by atoms with E-state index >= 15 is 0 Å². The molecule has 0 aromatic carbocycles. The third-order valence-corrected chi connectivity index (χ3v) is 5.24. The number of amides is 2. The van der Waals surface area contributed by atoms with Gasteiger partial charge >= 0.3 is 0 Å². The van der Waals surface area contributed by atoms with Crippen molar-refractivity contribution in [1.82, 2.24) is 10.6 Å². The minimum atomic E-state index is -0.447. The molecule has 0 aliphatic carbocycles. The van der Waals surface area contributed by atoms with Crippen molar-refractivity contribution in [2.24, 2.45) is 5.73 Å². The van der Waals surface area contributed by atoms with Crippen molar-refractivity contribution < 1.29 is 9.59 Å². The summed E-state index contributed by atoms with van der Waals surface area (Å²) < 4.78 is 0. The zero-order chi connectivity index (χ0) is 20.5. The lowest BCUT2D eigenvalue weighted by atomic mass is 10.0.